The van der Waals surface area contributed by atoms with Crippen molar-refractivity contribution in [2.45, 2.75) is 26.4 Å². The summed E-state index contributed by atoms with van der Waals surface area (Å²) in [6.07, 6.45) is 1.91. The molecule has 5 nitrogen and oxygen atoms in total. The summed E-state index contributed by atoms with van der Waals surface area (Å²) >= 11 is 0. The summed E-state index contributed by atoms with van der Waals surface area (Å²) < 4.78 is 1.99. The maximum absolute atomic E-state index is 11.2. The third-order valence-electron chi connectivity index (χ3n) is 4.00. The van der Waals surface area contributed by atoms with Gasteiger partial charge < -0.3 is 9.51 Å². The van der Waals surface area contributed by atoms with Gasteiger partial charge in [0.05, 0.1) is 17.8 Å². The van der Waals surface area contributed by atoms with E-state index in [1.807, 2.05) is 54.9 Å². The number of rotatable bonds is 6. The number of carboxylic acid groups (broad SMARTS) is 1. The van der Waals surface area contributed by atoms with Gasteiger partial charge in [-0.1, -0.05) is 30.3 Å². The summed E-state index contributed by atoms with van der Waals surface area (Å²) in [5.74, 6) is -0.859. The van der Waals surface area contributed by atoms with Crippen molar-refractivity contribution >= 4 is 11.6 Å². The molecular weight excluding hydrogens is 302 g/mol. The van der Waals surface area contributed by atoms with Crippen LogP contribution in [0.5, 0.6) is 0 Å². The summed E-state index contributed by atoms with van der Waals surface area (Å²) in [5.41, 5.74) is 4.70. The van der Waals surface area contributed by atoms with Crippen molar-refractivity contribution in [2.75, 3.05) is 7.05 Å². The number of carbonyl (C=O) groups is 1. The normalized spacial score (nSPS) is 11.3. The van der Waals surface area contributed by atoms with Crippen molar-refractivity contribution in [2.24, 2.45) is 0 Å². The van der Waals surface area contributed by atoms with Crippen molar-refractivity contribution in [3.05, 3.63) is 71.2 Å². The Balaban J connectivity index is 1.90. The van der Waals surface area contributed by atoms with Gasteiger partial charge in [0.15, 0.2) is 0 Å². The molecule has 0 radical (unpaired) electrons. The van der Waals surface area contributed by atoms with E-state index in [9.17, 15) is 9.90 Å². The Morgan fingerprint density at radius 2 is 1.96 bits per heavy atom. The van der Waals surface area contributed by atoms with Crippen molar-refractivity contribution in [1.82, 2.24) is 14.3 Å². The van der Waals surface area contributed by atoms with Crippen LogP contribution in [0.25, 0.3) is 5.65 Å². The second kappa shape index (κ2) is 6.84. The monoisotopic (exact) mass is 323 g/mol. The van der Waals surface area contributed by atoms with E-state index >= 15 is 0 Å². The largest absolute Gasteiger partial charge is 0.481 e. The van der Waals surface area contributed by atoms with Gasteiger partial charge in [-0.2, -0.15) is 0 Å². The molecule has 124 valence electrons. The molecule has 0 aliphatic rings. The zero-order valence-electron chi connectivity index (χ0n) is 13.9. The standard InChI is InChI=1S/C19H21N3O2/c1-14-8-9-22-17(16(11-19(23)24)20-18(22)10-14)13-21(2)12-15-6-4-3-5-7-15/h3-10H,11-13H2,1-2H3,(H,23,24). The number of hydrogen-bond donors (Lipinski definition) is 1. The second-order valence-corrected chi connectivity index (χ2v) is 6.17. The lowest BCUT2D eigenvalue weighted by Gasteiger charge is -2.17. The van der Waals surface area contributed by atoms with Crippen molar-refractivity contribution in [3.63, 3.8) is 0 Å². The predicted molar refractivity (Wildman–Crippen MR) is 92.9 cm³/mol. The first kappa shape index (κ1) is 16.2. The smallest absolute Gasteiger partial charge is 0.309 e. The van der Waals surface area contributed by atoms with Gasteiger partial charge in [-0.05, 0) is 37.2 Å². The highest BCUT2D eigenvalue weighted by atomic mass is 16.4. The summed E-state index contributed by atoms with van der Waals surface area (Å²) in [6.45, 7) is 3.45. The third-order valence-corrected chi connectivity index (χ3v) is 4.00. The van der Waals surface area contributed by atoms with Gasteiger partial charge in [0.1, 0.15) is 5.65 Å². The lowest BCUT2D eigenvalue weighted by atomic mass is 10.2. The molecule has 1 N–H and O–H groups in total. The van der Waals surface area contributed by atoms with Gasteiger partial charge in [-0.3, -0.25) is 9.69 Å². The summed E-state index contributed by atoms with van der Waals surface area (Å²) in [4.78, 5) is 17.9. The Hall–Kier alpha value is -2.66. The number of hydrogen-bond acceptors (Lipinski definition) is 3. The van der Waals surface area contributed by atoms with Crippen LogP contribution in [0.1, 0.15) is 22.5 Å². The van der Waals surface area contributed by atoms with Crippen LogP contribution in [0.3, 0.4) is 0 Å². The molecule has 0 amide bonds. The highest BCUT2D eigenvalue weighted by molar-refractivity contribution is 5.70. The van der Waals surface area contributed by atoms with Gasteiger partial charge in [-0.25, -0.2) is 4.98 Å². The van der Waals surface area contributed by atoms with Crippen LogP contribution >= 0.6 is 0 Å². The van der Waals surface area contributed by atoms with E-state index in [4.69, 9.17) is 0 Å². The number of benzene rings is 1. The number of carboxylic acids is 1. The minimum Gasteiger partial charge on any atom is -0.481 e. The minimum atomic E-state index is -0.859. The average molecular weight is 323 g/mol. The molecule has 0 unspecified atom stereocenters. The lowest BCUT2D eigenvalue weighted by Crippen LogP contribution is -2.19. The van der Waals surface area contributed by atoms with E-state index in [0.29, 0.717) is 12.2 Å². The Morgan fingerprint density at radius 3 is 2.67 bits per heavy atom. The van der Waals surface area contributed by atoms with E-state index in [1.54, 1.807) is 0 Å². The van der Waals surface area contributed by atoms with E-state index in [0.717, 1.165) is 23.4 Å². The number of aromatic nitrogens is 2. The molecule has 0 aliphatic carbocycles. The fourth-order valence-electron chi connectivity index (χ4n) is 2.90. The maximum atomic E-state index is 11.2. The Labute approximate surface area is 141 Å². The number of aryl methyl sites for hydroxylation is 1. The molecule has 0 atom stereocenters. The molecule has 3 aromatic rings. The van der Waals surface area contributed by atoms with E-state index in [1.165, 1.54) is 5.56 Å². The fourth-order valence-corrected chi connectivity index (χ4v) is 2.90. The van der Waals surface area contributed by atoms with Crippen molar-refractivity contribution < 1.29 is 9.90 Å². The molecule has 5 heteroatoms. The van der Waals surface area contributed by atoms with Gasteiger partial charge in [0.25, 0.3) is 0 Å². The van der Waals surface area contributed by atoms with Crippen LogP contribution in [0.4, 0.5) is 0 Å². The lowest BCUT2D eigenvalue weighted by molar-refractivity contribution is -0.136. The Bertz CT molecular complexity index is 856. The molecule has 0 fully saturated rings. The quantitative estimate of drug-likeness (QED) is 0.758. The van der Waals surface area contributed by atoms with Crippen molar-refractivity contribution in [3.8, 4) is 0 Å². The van der Waals surface area contributed by atoms with Gasteiger partial charge in [-0.15, -0.1) is 0 Å². The molecule has 24 heavy (non-hydrogen) atoms. The Morgan fingerprint density at radius 1 is 1.21 bits per heavy atom. The molecule has 2 heterocycles. The SMILES string of the molecule is Cc1ccn2c(CN(C)Cc3ccccc3)c(CC(=O)O)nc2c1. The number of imidazole rings is 1. The molecule has 0 spiro atoms. The molecule has 1 aromatic carbocycles. The van der Waals surface area contributed by atoms with Gasteiger partial charge in [0.2, 0.25) is 0 Å². The molecule has 0 saturated carbocycles. The van der Waals surface area contributed by atoms with E-state index in [2.05, 4.69) is 22.0 Å². The van der Waals surface area contributed by atoms with Crippen LogP contribution in [-0.2, 0) is 24.3 Å². The van der Waals surface area contributed by atoms with Crippen molar-refractivity contribution in [1.29, 1.82) is 0 Å². The van der Waals surface area contributed by atoms with Gasteiger partial charge in [0, 0.05) is 19.3 Å². The van der Waals surface area contributed by atoms with Crippen LogP contribution < -0.4 is 0 Å². The third kappa shape index (κ3) is 3.63. The average Bonchev–Trinajstić information content (AvgIpc) is 2.84. The van der Waals surface area contributed by atoms with Crippen LogP contribution in [0.15, 0.2) is 48.7 Å². The number of fused-ring (bicyclic) bond motifs is 1. The minimum absolute atomic E-state index is 0.0603. The van der Waals surface area contributed by atoms with Crippen LogP contribution in [0.2, 0.25) is 0 Å². The van der Waals surface area contributed by atoms with Gasteiger partial charge >= 0.3 is 5.97 Å². The highest BCUT2D eigenvalue weighted by Crippen LogP contribution is 2.17. The summed E-state index contributed by atoms with van der Waals surface area (Å²) in [6, 6.07) is 14.2. The zero-order chi connectivity index (χ0) is 17.1. The molecule has 3 rings (SSSR count). The molecule has 2 aromatic heterocycles. The number of pyridine rings is 1. The van der Waals surface area contributed by atoms with Crippen LogP contribution in [-0.4, -0.2) is 32.4 Å². The first-order valence-electron chi connectivity index (χ1n) is 7.93. The topological polar surface area (TPSA) is 57.8 Å². The molecule has 0 saturated heterocycles. The van der Waals surface area contributed by atoms with E-state index < -0.39 is 5.97 Å². The fraction of sp³-hybridized carbons (Fsp3) is 0.263. The first-order valence-corrected chi connectivity index (χ1v) is 7.93. The zero-order valence-corrected chi connectivity index (χ0v) is 13.9. The summed E-state index contributed by atoms with van der Waals surface area (Å²) in [5, 5.41) is 9.18. The number of nitrogens with zero attached hydrogens (tertiary/aromatic N) is 3. The molecule has 0 aliphatic heterocycles. The second-order valence-electron chi connectivity index (χ2n) is 6.17. The predicted octanol–water partition coefficient (Wildman–Crippen LogP) is 2.90. The summed E-state index contributed by atoms with van der Waals surface area (Å²) in [7, 11) is 2.03. The Kier molecular flexibility index (Phi) is 4.62. The molecule has 0 bridgehead atoms. The van der Waals surface area contributed by atoms with Crippen LogP contribution in [0, 0.1) is 6.92 Å². The first-order chi connectivity index (χ1) is 11.5. The number of aliphatic carboxylic acids is 1. The van der Waals surface area contributed by atoms with E-state index in [-0.39, 0.29) is 6.42 Å². The maximum Gasteiger partial charge on any atom is 0.309 e. The molecular formula is C19H21N3O2. The highest BCUT2D eigenvalue weighted by Gasteiger charge is 2.16.